The van der Waals surface area contributed by atoms with E-state index >= 15 is 0 Å². The number of phenols is 1. The van der Waals surface area contributed by atoms with Crippen LogP contribution < -0.4 is 0 Å². The molecule has 0 saturated heterocycles. The summed E-state index contributed by atoms with van der Waals surface area (Å²) in [6.45, 7) is 3.87. The minimum atomic E-state index is -0.631. The summed E-state index contributed by atoms with van der Waals surface area (Å²) in [5.74, 6) is -0.749. The standard InChI is InChI=1S/C21H19NO4S/c1-3-26-21(25)18-19(24)17(12-14-6-4-5-7-16(14)23)27-20(18)22-15-10-8-13(2)9-11-15/h4-12,23-24H,3H2,1-2H3/b17-12+,22-20?. The second-order valence-corrected chi connectivity index (χ2v) is 6.90. The Morgan fingerprint density at radius 2 is 1.85 bits per heavy atom. The van der Waals surface area contributed by atoms with Crippen molar-refractivity contribution < 1.29 is 19.7 Å². The van der Waals surface area contributed by atoms with Crippen molar-refractivity contribution in [2.75, 3.05) is 6.61 Å². The van der Waals surface area contributed by atoms with Gasteiger partial charge in [-0.1, -0.05) is 47.7 Å². The number of hydrogen-bond donors (Lipinski definition) is 2. The van der Waals surface area contributed by atoms with Crippen LogP contribution in [0.25, 0.3) is 6.08 Å². The quantitative estimate of drug-likeness (QED) is 0.737. The van der Waals surface area contributed by atoms with Gasteiger partial charge in [0, 0.05) is 5.56 Å². The van der Waals surface area contributed by atoms with Crippen LogP contribution in [-0.4, -0.2) is 27.8 Å². The summed E-state index contributed by atoms with van der Waals surface area (Å²) in [6, 6.07) is 14.3. The van der Waals surface area contributed by atoms with Gasteiger partial charge in [0.15, 0.2) is 0 Å². The van der Waals surface area contributed by atoms with E-state index in [1.807, 2.05) is 31.2 Å². The first-order valence-corrected chi connectivity index (χ1v) is 9.25. The molecule has 27 heavy (non-hydrogen) atoms. The molecule has 138 valence electrons. The third-order valence-corrected chi connectivity index (χ3v) is 4.88. The first-order chi connectivity index (χ1) is 13.0. The zero-order valence-corrected chi connectivity index (χ0v) is 15.8. The average molecular weight is 381 g/mol. The Hall–Kier alpha value is -2.99. The second-order valence-electron chi connectivity index (χ2n) is 5.87. The molecule has 1 aliphatic rings. The van der Waals surface area contributed by atoms with Crippen molar-refractivity contribution in [2.45, 2.75) is 13.8 Å². The highest BCUT2D eigenvalue weighted by atomic mass is 32.2. The summed E-state index contributed by atoms with van der Waals surface area (Å²) in [6.07, 6.45) is 1.62. The number of aliphatic hydroxyl groups excluding tert-OH is 1. The zero-order valence-electron chi connectivity index (χ0n) is 15.0. The molecule has 3 rings (SSSR count). The molecular formula is C21H19NO4S. The molecule has 6 heteroatoms. The molecule has 0 bridgehead atoms. The Kier molecular flexibility index (Phi) is 5.66. The molecule has 0 atom stereocenters. The van der Waals surface area contributed by atoms with Gasteiger partial charge in [0.2, 0.25) is 0 Å². The number of nitrogens with zero attached hydrogens (tertiary/aromatic N) is 1. The highest BCUT2D eigenvalue weighted by Crippen LogP contribution is 2.41. The largest absolute Gasteiger partial charge is 0.507 e. The predicted octanol–water partition coefficient (Wildman–Crippen LogP) is 4.89. The summed E-state index contributed by atoms with van der Waals surface area (Å²) >= 11 is 1.16. The van der Waals surface area contributed by atoms with E-state index in [1.54, 1.807) is 37.3 Å². The molecule has 2 aromatic rings. The van der Waals surface area contributed by atoms with Crippen LogP contribution in [0.15, 0.2) is 69.8 Å². The first kappa shape index (κ1) is 18.8. The molecule has 0 unspecified atom stereocenters. The number of phenolic OH excluding ortho intramolecular Hbond substituents is 1. The van der Waals surface area contributed by atoms with Crippen LogP contribution in [0.5, 0.6) is 5.75 Å². The van der Waals surface area contributed by atoms with Gasteiger partial charge < -0.3 is 14.9 Å². The number of carbonyl (C=O) groups excluding carboxylic acids is 1. The van der Waals surface area contributed by atoms with Gasteiger partial charge in [0.1, 0.15) is 22.1 Å². The fourth-order valence-corrected chi connectivity index (χ4v) is 3.51. The van der Waals surface area contributed by atoms with Gasteiger partial charge in [-0.2, -0.15) is 0 Å². The van der Waals surface area contributed by atoms with Crippen molar-refractivity contribution >= 4 is 34.5 Å². The molecule has 0 saturated carbocycles. The predicted molar refractivity (Wildman–Crippen MR) is 108 cm³/mol. The fourth-order valence-electron chi connectivity index (χ4n) is 2.48. The number of aliphatic imine (C=N–C) groups is 1. The first-order valence-electron chi connectivity index (χ1n) is 8.43. The second kappa shape index (κ2) is 8.14. The number of aryl methyl sites for hydroxylation is 1. The highest BCUT2D eigenvalue weighted by molar-refractivity contribution is 8.18. The summed E-state index contributed by atoms with van der Waals surface area (Å²) in [5, 5.41) is 20.9. The number of hydrogen-bond acceptors (Lipinski definition) is 6. The maximum absolute atomic E-state index is 12.4. The minimum absolute atomic E-state index is 0.0316. The minimum Gasteiger partial charge on any atom is -0.507 e. The number of ether oxygens (including phenoxy) is 1. The molecule has 0 fully saturated rings. The number of thioether (sulfide) groups is 1. The highest BCUT2D eigenvalue weighted by Gasteiger charge is 2.33. The SMILES string of the molecule is CCOC(=O)C1=C(O)/C(=C\c2ccccc2O)SC1=Nc1ccc(C)cc1. The van der Waals surface area contributed by atoms with Gasteiger partial charge in [0.05, 0.1) is 17.2 Å². The molecule has 0 aromatic heterocycles. The van der Waals surface area contributed by atoms with E-state index in [9.17, 15) is 15.0 Å². The van der Waals surface area contributed by atoms with Crippen LogP contribution in [0.3, 0.4) is 0 Å². The van der Waals surface area contributed by atoms with Gasteiger partial charge >= 0.3 is 5.97 Å². The van der Waals surface area contributed by atoms with Crippen molar-refractivity contribution in [3.63, 3.8) is 0 Å². The Labute approximate surface area is 161 Å². The molecule has 0 spiro atoms. The third kappa shape index (κ3) is 4.23. The van der Waals surface area contributed by atoms with Crippen molar-refractivity contribution in [1.29, 1.82) is 0 Å². The van der Waals surface area contributed by atoms with Crippen molar-refractivity contribution in [3.8, 4) is 5.75 Å². The number of rotatable bonds is 4. The molecule has 2 aromatic carbocycles. The van der Waals surface area contributed by atoms with Crippen molar-refractivity contribution in [2.24, 2.45) is 4.99 Å². The number of carbonyl (C=O) groups is 1. The van der Waals surface area contributed by atoms with Crippen LogP contribution in [0.4, 0.5) is 5.69 Å². The fraction of sp³-hybridized carbons (Fsp3) is 0.143. The maximum atomic E-state index is 12.4. The number of benzene rings is 2. The third-order valence-electron chi connectivity index (χ3n) is 3.86. The zero-order chi connectivity index (χ0) is 19.4. The van der Waals surface area contributed by atoms with Gasteiger partial charge in [-0.25, -0.2) is 9.79 Å². The molecule has 0 aliphatic carbocycles. The van der Waals surface area contributed by atoms with Gasteiger partial charge in [-0.3, -0.25) is 0 Å². The summed E-state index contributed by atoms with van der Waals surface area (Å²) < 4.78 is 5.08. The van der Waals surface area contributed by atoms with E-state index < -0.39 is 5.97 Å². The topological polar surface area (TPSA) is 79.1 Å². The van der Waals surface area contributed by atoms with Gasteiger partial charge in [-0.05, 0) is 38.1 Å². The summed E-state index contributed by atoms with van der Waals surface area (Å²) in [5.41, 5.74) is 2.33. The average Bonchev–Trinajstić information content (AvgIpc) is 2.94. The van der Waals surface area contributed by atoms with Crippen LogP contribution in [0.2, 0.25) is 0 Å². The lowest BCUT2D eigenvalue weighted by Gasteiger charge is -2.04. The number of para-hydroxylation sites is 1. The van der Waals surface area contributed by atoms with Crippen LogP contribution in [0.1, 0.15) is 18.1 Å². The molecule has 5 nitrogen and oxygen atoms in total. The monoisotopic (exact) mass is 381 g/mol. The van der Waals surface area contributed by atoms with E-state index in [4.69, 9.17) is 4.74 Å². The lowest BCUT2D eigenvalue weighted by molar-refractivity contribution is -0.138. The Morgan fingerprint density at radius 1 is 1.15 bits per heavy atom. The van der Waals surface area contributed by atoms with Crippen LogP contribution in [-0.2, 0) is 9.53 Å². The van der Waals surface area contributed by atoms with Crippen molar-refractivity contribution in [3.05, 3.63) is 75.9 Å². The molecule has 1 aliphatic heterocycles. The van der Waals surface area contributed by atoms with Crippen LogP contribution in [0, 0.1) is 6.92 Å². The Morgan fingerprint density at radius 3 is 2.52 bits per heavy atom. The Bertz CT molecular complexity index is 958. The maximum Gasteiger partial charge on any atom is 0.344 e. The van der Waals surface area contributed by atoms with E-state index in [0.29, 0.717) is 21.2 Å². The summed E-state index contributed by atoms with van der Waals surface area (Å²) in [4.78, 5) is 17.3. The van der Waals surface area contributed by atoms with Crippen molar-refractivity contribution in [1.82, 2.24) is 0 Å². The van der Waals surface area contributed by atoms with Crippen LogP contribution >= 0.6 is 11.8 Å². The molecule has 0 radical (unpaired) electrons. The van der Waals surface area contributed by atoms with E-state index in [-0.39, 0.29) is 23.7 Å². The molecule has 2 N–H and O–H groups in total. The number of aliphatic hydroxyl groups is 1. The normalized spacial score (nSPS) is 17.0. The molecule has 0 amide bonds. The van der Waals surface area contributed by atoms with Gasteiger partial charge in [-0.15, -0.1) is 0 Å². The van der Waals surface area contributed by atoms with Gasteiger partial charge in [0.25, 0.3) is 0 Å². The van der Waals surface area contributed by atoms with E-state index in [2.05, 4.69) is 4.99 Å². The summed E-state index contributed by atoms with van der Waals surface area (Å²) in [7, 11) is 0. The lowest BCUT2D eigenvalue weighted by atomic mass is 10.1. The smallest absolute Gasteiger partial charge is 0.344 e. The lowest BCUT2D eigenvalue weighted by Crippen LogP contribution is -2.12. The number of aromatic hydroxyl groups is 1. The Balaban J connectivity index is 2.05. The molecule has 1 heterocycles. The van der Waals surface area contributed by atoms with E-state index in [1.165, 1.54) is 0 Å². The number of esters is 1. The van der Waals surface area contributed by atoms with E-state index in [0.717, 1.165) is 17.3 Å². The molecular weight excluding hydrogens is 362 g/mol.